The van der Waals surface area contributed by atoms with Gasteiger partial charge in [0.1, 0.15) is 5.82 Å². The minimum atomic E-state index is -0.255. The fraction of sp³-hybridized carbons (Fsp3) is 0.588. The molecule has 0 radical (unpaired) electrons. The molecule has 0 bridgehead atoms. The minimum absolute atomic E-state index is 0. The van der Waals surface area contributed by atoms with E-state index in [-0.39, 0.29) is 36.1 Å². The molecule has 2 rings (SSSR count). The number of nitrogens with zero attached hydrogens (tertiary/aromatic N) is 1. The number of nitrogens with one attached hydrogen (secondary N) is 2. The Balaban J connectivity index is 0.00000264. The van der Waals surface area contributed by atoms with Crippen molar-refractivity contribution in [1.29, 1.82) is 0 Å². The van der Waals surface area contributed by atoms with E-state index in [0.717, 1.165) is 38.2 Å². The van der Waals surface area contributed by atoms with Crippen molar-refractivity contribution >= 4 is 18.3 Å². The summed E-state index contributed by atoms with van der Waals surface area (Å²) in [5.74, 6) is 0.0276. The molecule has 0 aromatic heterocycles. The zero-order valence-electron chi connectivity index (χ0n) is 13.8. The molecule has 1 aromatic carbocycles. The lowest BCUT2D eigenvalue weighted by molar-refractivity contribution is -0.123. The Labute approximate surface area is 144 Å². The van der Waals surface area contributed by atoms with Gasteiger partial charge in [0.15, 0.2) is 0 Å². The van der Waals surface area contributed by atoms with Gasteiger partial charge < -0.3 is 10.6 Å². The summed E-state index contributed by atoms with van der Waals surface area (Å²) in [6.07, 6.45) is 1.07. The van der Waals surface area contributed by atoms with Crippen molar-refractivity contribution in [2.75, 3.05) is 32.7 Å². The van der Waals surface area contributed by atoms with Gasteiger partial charge in [-0.3, -0.25) is 9.69 Å². The molecule has 2 N–H and O–H groups in total. The average molecular weight is 344 g/mol. The topological polar surface area (TPSA) is 44.4 Å². The molecule has 1 aliphatic heterocycles. The van der Waals surface area contributed by atoms with E-state index in [1.807, 2.05) is 0 Å². The Morgan fingerprint density at radius 2 is 1.96 bits per heavy atom. The van der Waals surface area contributed by atoms with Gasteiger partial charge in [-0.05, 0) is 43.1 Å². The van der Waals surface area contributed by atoms with E-state index >= 15 is 0 Å². The highest BCUT2D eigenvalue weighted by atomic mass is 35.5. The number of rotatable bonds is 5. The number of carbonyl (C=O) groups is 1. The highest BCUT2D eigenvalue weighted by molar-refractivity contribution is 5.85. The Morgan fingerprint density at radius 3 is 2.61 bits per heavy atom. The van der Waals surface area contributed by atoms with Crippen LogP contribution < -0.4 is 10.6 Å². The normalized spacial score (nSPS) is 17.2. The first-order valence-corrected chi connectivity index (χ1v) is 8.04. The Bertz CT molecular complexity index is 473. The predicted octanol–water partition coefficient (Wildman–Crippen LogP) is 2.36. The lowest BCUT2D eigenvalue weighted by atomic mass is 9.96. The van der Waals surface area contributed by atoms with E-state index in [1.165, 1.54) is 12.1 Å². The molecule has 0 saturated carbocycles. The van der Waals surface area contributed by atoms with Crippen LogP contribution in [0.1, 0.15) is 31.9 Å². The smallest absolute Gasteiger partial charge is 0.234 e. The van der Waals surface area contributed by atoms with Gasteiger partial charge in [-0.15, -0.1) is 12.4 Å². The van der Waals surface area contributed by atoms with Crippen LogP contribution in [0, 0.1) is 11.7 Å². The summed E-state index contributed by atoms with van der Waals surface area (Å²) in [5, 5.41) is 6.43. The summed E-state index contributed by atoms with van der Waals surface area (Å²) >= 11 is 0. The fourth-order valence-electron chi connectivity index (χ4n) is 2.79. The molecule has 4 nitrogen and oxygen atoms in total. The highest BCUT2D eigenvalue weighted by Crippen LogP contribution is 2.21. The van der Waals surface area contributed by atoms with Gasteiger partial charge in [-0.1, -0.05) is 26.0 Å². The van der Waals surface area contributed by atoms with Gasteiger partial charge in [0, 0.05) is 13.1 Å². The quantitative estimate of drug-likeness (QED) is 0.862. The van der Waals surface area contributed by atoms with Crippen molar-refractivity contribution in [3.05, 3.63) is 35.6 Å². The molecule has 1 atom stereocenters. The molecule has 23 heavy (non-hydrogen) atoms. The van der Waals surface area contributed by atoms with Crippen LogP contribution in [0.2, 0.25) is 0 Å². The summed E-state index contributed by atoms with van der Waals surface area (Å²) in [6, 6.07) is 6.29. The van der Waals surface area contributed by atoms with Gasteiger partial charge in [0.05, 0.1) is 12.6 Å². The van der Waals surface area contributed by atoms with E-state index in [2.05, 4.69) is 29.4 Å². The van der Waals surface area contributed by atoms with Crippen LogP contribution in [0.4, 0.5) is 4.39 Å². The second-order valence-corrected chi connectivity index (χ2v) is 6.22. The SMILES string of the molecule is CC(C)C(NC(=O)CN1CCCNCC1)c1ccc(F)cc1.Cl. The standard InChI is InChI=1S/C17H26FN3O.ClH/c1-13(2)17(14-4-6-15(18)7-5-14)20-16(22)12-21-10-3-8-19-9-11-21;/h4-7,13,17,19H,3,8-12H2,1-2H3,(H,20,22);1H. The van der Waals surface area contributed by atoms with Gasteiger partial charge in [-0.2, -0.15) is 0 Å². The first-order chi connectivity index (χ1) is 10.6. The summed E-state index contributed by atoms with van der Waals surface area (Å²) in [7, 11) is 0. The number of benzene rings is 1. The summed E-state index contributed by atoms with van der Waals surface area (Å²) < 4.78 is 13.1. The maximum absolute atomic E-state index is 13.1. The first kappa shape index (κ1) is 19.9. The molecular weight excluding hydrogens is 317 g/mol. The third-order valence-corrected chi connectivity index (χ3v) is 4.01. The molecule has 6 heteroatoms. The average Bonchev–Trinajstić information content (AvgIpc) is 2.74. The van der Waals surface area contributed by atoms with E-state index in [0.29, 0.717) is 6.54 Å². The Kier molecular flexibility index (Phi) is 8.52. The van der Waals surface area contributed by atoms with Crippen molar-refractivity contribution in [1.82, 2.24) is 15.5 Å². The zero-order valence-corrected chi connectivity index (χ0v) is 14.7. The van der Waals surface area contributed by atoms with Crippen LogP contribution in [-0.2, 0) is 4.79 Å². The molecule has 1 heterocycles. The second kappa shape index (κ2) is 9.85. The van der Waals surface area contributed by atoms with Crippen LogP contribution in [0.5, 0.6) is 0 Å². The lowest BCUT2D eigenvalue weighted by Crippen LogP contribution is -2.41. The van der Waals surface area contributed by atoms with Gasteiger partial charge in [0.2, 0.25) is 5.91 Å². The molecule has 1 saturated heterocycles. The number of hydrogen-bond acceptors (Lipinski definition) is 3. The summed E-state index contributed by atoms with van der Waals surface area (Å²) in [6.45, 7) is 8.33. The molecule has 0 spiro atoms. The predicted molar refractivity (Wildman–Crippen MR) is 93.3 cm³/mol. The zero-order chi connectivity index (χ0) is 15.9. The van der Waals surface area contributed by atoms with E-state index in [4.69, 9.17) is 0 Å². The molecular formula is C17H27ClFN3O. The Morgan fingerprint density at radius 1 is 1.26 bits per heavy atom. The maximum atomic E-state index is 13.1. The number of halogens is 2. The monoisotopic (exact) mass is 343 g/mol. The van der Waals surface area contributed by atoms with E-state index in [1.54, 1.807) is 12.1 Å². The summed E-state index contributed by atoms with van der Waals surface area (Å²) in [5.41, 5.74) is 0.947. The van der Waals surface area contributed by atoms with Crippen LogP contribution in [0.25, 0.3) is 0 Å². The highest BCUT2D eigenvalue weighted by Gasteiger charge is 2.20. The van der Waals surface area contributed by atoms with Crippen molar-refractivity contribution < 1.29 is 9.18 Å². The molecule has 0 aliphatic carbocycles. The maximum Gasteiger partial charge on any atom is 0.234 e. The van der Waals surface area contributed by atoms with Crippen LogP contribution in [-0.4, -0.2) is 43.5 Å². The van der Waals surface area contributed by atoms with Gasteiger partial charge in [0.25, 0.3) is 0 Å². The molecule has 1 unspecified atom stereocenters. The first-order valence-electron chi connectivity index (χ1n) is 8.04. The van der Waals surface area contributed by atoms with Crippen LogP contribution in [0.3, 0.4) is 0 Å². The van der Waals surface area contributed by atoms with Crippen LogP contribution in [0.15, 0.2) is 24.3 Å². The largest absolute Gasteiger partial charge is 0.348 e. The van der Waals surface area contributed by atoms with Crippen LogP contribution >= 0.6 is 12.4 Å². The fourth-order valence-corrected chi connectivity index (χ4v) is 2.79. The van der Waals surface area contributed by atoms with Crippen molar-refractivity contribution in [2.45, 2.75) is 26.3 Å². The molecule has 1 aromatic rings. The number of amides is 1. The van der Waals surface area contributed by atoms with Gasteiger partial charge in [-0.25, -0.2) is 4.39 Å². The second-order valence-electron chi connectivity index (χ2n) is 6.22. The third-order valence-electron chi connectivity index (χ3n) is 4.01. The van der Waals surface area contributed by atoms with E-state index in [9.17, 15) is 9.18 Å². The Hall–Kier alpha value is -1.17. The van der Waals surface area contributed by atoms with Crippen molar-refractivity contribution in [3.63, 3.8) is 0 Å². The van der Waals surface area contributed by atoms with Gasteiger partial charge >= 0.3 is 0 Å². The molecule has 130 valence electrons. The molecule has 1 aliphatic rings. The lowest BCUT2D eigenvalue weighted by Gasteiger charge is -2.25. The molecule has 1 amide bonds. The third kappa shape index (κ3) is 6.45. The minimum Gasteiger partial charge on any atom is -0.348 e. The summed E-state index contributed by atoms with van der Waals surface area (Å²) in [4.78, 5) is 14.5. The van der Waals surface area contributed by atoms with Crippen molar-refractivity contribution in [2.24, 2.45) is 5.92 Å². The van der Waals surface area contributed by atoms with E-state index < -0.39 is 0 Å². The van der Waals surface area contributed by atoms with Crippen molar-refractivity contribution in [3.8, 4) is 0 Å². The molecule has 1 fully saturated rings. The number of hydrogen-bond donors (Lipinski definition) is 2. The number of carbonyl (C=O) groups excluding carboxylic acids is 1.